The molecule has 1 unspecified atom stereocenters. The molecular formula is C11H26N2O. The second kappa shape index (κ2) is 10.7. The molecule has 0 aromatic heterocycles. The molecule has 1 atom stereocenters. The highest BCUT2D eigenvalue weighted by Crippen LogP contribution is 2.07. The minimum Gasteiger partial charge on any atom is -0.330 e. The molecule has 0 saturated heterocycles. The predicted molar refractivity (Wildman–Crippen MR) is 62.1 cm³/mol. The lowest BCUT2D eigenvalue weighted by Gasteiger charge is -2.06. The van der Waals surface area contributed by atoms with E-state index in [0.717, 1.165) is 12.8 Å². The molecule has 0 aliphatic rings. The second-order valence-electron chi connectivity index (χ2n) is 3.90. The van der Waals surface area contributed by atoms with Crippen molar-refractivity contribution in [1.29, 1.82) is 0 Å². The highest BCUT2D eigenvalue weighted by molar-refractivity contribution is 5.80. The Labute approximate surface area is 88.2 Å². The van der Waals surface area contributed by atoms with Crippen molar-refractivity contribution in [2.75, 3.05) is 6.54 Å². The molecule has 0 saturated carbocycles. The summed E-state index contributed by atoms with van der Waals surface area (Å²) >= 11 is 0. The number of hydrogen-bond acceptors (Lipinski definition) is 3. The van der Waals surface area contributed by atoms with Gasteiger partial charge in [-0.05, 0) is 25.4 Å². The van der Waals surface area contributed by atoms with E-state index in [2.05, 4.69) is 0 Å². The third kappa shape index (κ3) is 14.1. The summed E-state index contributed by atoms with van der Waals surface area (Å²) < 4.78 is 0. The van der Waals surface area contributed by atoms with Gasteiger partial charge in [0.2, 0.25) is 0 Å². The normalized spacial score (nSPS) is 11.9. The average molecular weight is 202 g/mol. The molecule has 0 bridgehead atoms. The fraction of sp³-hybridized carbons (Fsp3) is 0.909. The number of carbonyl (C=O) groups excluding carboxylic acids is 1. The maximum Gasteiger partial charge on any atom is 0.135 e. The largest absolute Gasteiger partial charge is 0.330 e. The Kier molecular flexibility index (Phi) is 12.2. The van der Waals surface area contributed by atoms with E-state index in [1.807, 2.05) is 27.7 Å². The average Bonchev–Trinajstić information content (AvgIpc) is 2.11. The van der Waals surface area contributed by atoms with Gasteiger partial charge in [0.25, 0.3) is 0 Å². The van der Waals surface area contributed by atoms with E-state index in [1.54, 1.807) is 0 Å². The summed E-state index contributed by atoms with van der Waals surface area (Å²) in [6.07, 6.45) is 2.57. The number of rotatable bonds is 5. The summed E-state index contributed by atoms with van der Waals surface area (Å²) in [5.74, 6) is 0.571. The van der Waals surface area contributed by atoms with E-state index in [4.69, 9.17) is 11.5 Å². The van der Waals surface area contributed by atoms with E-state index < -0.39 is 0 Å². The molecule has 0 aromatic carbocycles. The van der Waals surface area contributed by atoms with Crippen LogP contribution in [0.3, 0.4) is 0 Å². The van der Waals surface area contributed by atoms with E-state index >= 15 is 0 Å². The molecule has 0 aliphatic heterocycles. The van der Waals surface area contributed by atoms with Crippen LogP contribution in [0.1, 0.15) is 47.0 Å². The Morgan fingerprint density at radius 2 is 1.71 bits per heavy atom. The molecule has 3 nitrogen and oxygen atoms in total. The molecule has 0 fully saturated rings. The Hall–Kier alpha value is -0.410. The van der Waals surface area contributed by atoms with Gasteiger partial charge >= 0.3 is 0 Å². The van der Waals surface area contributed by atoms with E-state index in [1.165, 1.54) is 0 Å². The SMILES string of the molecule is CC(C)N.CCC(=O)C(C)CCCN. The summed E-state index contributed by atoms with van der Waals surface area (Å²) in [4.78, 5) is 11.0. The standard InChI is InChI=1S/C8H17NO.C3H9N/c1-3-8(10)7(2)5-4-6-9;1-3(2)4/h7H,3-6,9H2,1-2H3;3H,4H2,1-2H3. The van der Waals surface area contributed by atoms with Gasteiger partial charge in [0.05, 0.1) is 0 Å². The van der Waals surface area contributed by atoms with Crippen LogP contribution in [0.15, 0.2) is 0 Å². The molecule has 4 N–H and O–H groups in total. The van der Waals surface area contributed by atoms with Crippen molar-refractivity contribution in [3.63, 3.8) is 0 Å². The van der Waals surface area contributed by atoms with Crippen LogP contribution >= 0.6 is 0 Å². The molecule has 0 rings (SSSR count). The number of carbonyl (C=O) groups is 1. The van der Waals surface area contributed by atoms with Crippen LogP contribution in [0.5, 0.6) is 0 Å². The number of nitrogens with two attached hydrogens (primary N) is 2. The van der Waals surface area contributed by atoms with Crippen molar-refractivity contribution in [2.24, 2.45) is 17.4 Å². The molecule has 0 radical (unpaired) electrons. The Morgan fingerprint density at radius 1 is 1.29 bits per heavy atom. The van der Waals surface area contributed by atoms with Gasteiger partial charge in [-0.3, -0.25) is 4.79 Å². The van der Waals surface area contributed by atoms with Crippen LogP contribution in [0.2, 0.25) is 0 Å². The Bertz CT molecular complexity index is 132. The first-order chi connectivity index (χ1) is 6.45. The van der Waals surface area contributed by atoms with Crippen LogP contribution in [-0.2, 0) is 4.79 Å². The fourth-order valence-corrected chi connectivity index (χ4v) is 0.933. The molecule has 86 valence electrons. The van der Waals surface area contributed by atoms with Crippen molar-refractivity contribution < 1.29 is 4.79 Å². The van der Waals surface area contributed by atoms with Gasteiger partial charge in [0.1, 0.15) is 5.78 Å². The van der Waals surface area contributed by atoms with Gasteiger partial charge in [-0.2, -0.15) is 0 Å². The Balaban J connectivity index is 0. The zero-order chi connectivity index (χ0) is 11.6. The lowest BCUT2D eigenvalue weighted by Crippen LogP contribution is -2.11. The quantitative estimate of drug-likeness (QED) is 0.713. The van der Waals surface area contributed by atoms with Gasteiger partial charge in [-0.15, -0.1) is 0 Å². The van der Waals surface area contributed by atoms with Gasteiger partial charge in [0, 0.05) is 12.3 Å². The lowest BCUT2D eigenvalue weighted by molar-refractivity contribution is -0.122. The van der Waals surface area contributed by atoms with Crippen LogP contribution in [0, 0.1) is 5.92 Å². The first-order valence-corrected chi connectivity index (χ1v) is 5.44. The number of Topliss-reactive ketones (excluding diaryl/α,β-unsaturated/α-hetero) is 1. The Morgan fingerprint density at radius 3 is 2.00 bits per heavy atom. The van der Waals surface area contributed by atoms with E-state index in [0.29, 0.717) is 24.8 Å². The first kappa shape index (κ1) is 16.0. The van der Waals surface area contributed by atoms with Crippen molar-refractivity contribution in [2.45, 2.75) is 53.0 Å². The van der Waals surface area contributed by atoms with Gasteiger partial charge < -0.3 is 11.5 Å². The molecule has 3 heteroatoms. The van der Waals surface area contributed by atoms with Crippen LogP contribution < -0.4 is 11.5 Å². The molecule has 0 aromatic rings. The maximum atomic E-state index is 11.0. The maximum absolute atomic E-state index is 11.0. The summed E-state index contributed by atoms with van der Waals surface area (Å²) in [7, 11) is 0. The molecule has 0 heterocycles. The third-order valence-electron chi connectivity index (χ3n) is 1.74. The smallest absolute Gasteiger partial charge is 0.135 e. The molecule has 14 heavy (non-hydrogen) atoms. The van der Waals surface area contributed by atoms with Gasteiger partial charge in [-0.25, -0.2) is 0 Å². The van der Waals surface area contributed by atoms with Crippen molar-refractivity contribution >= 4 is 5.78 Å². The number of hydrogen-bond donors (Lipinski definition) is 2. The van der Waals surface area contributed by atoms with Crippen LogP contribution in [0.25, 0.3) is 0 Å². The zero-order valence-electron chi connectivity index (χ0n) is 10.0. The summed E-state index contributed by atoms with van der Waals surface area (Å²) in [5, 5.41) is 0. The molecule has 0 spiro atoms. The monoisotopic (exact) mass is 202 g/mol. The van der Waals surface area contributed by atoms with Gasteiger partial charge in [0.15, 0.2) is 0 Å². The van der Waals surface area contributed by atoms with Gasteiger partial charge in [-0.1, -0.05) is 27.7 Å². The molecule has 0 amide bonds. The highest BCUT2D eigenvalue weighted by atomic mass is 16.1. The predicted octanol–water partition coefficient (Wildman–Crippen LogP) is 1.69. The fourth-order valence-electron chi connectivity index (χ4n) is 0.933. The molecule has 0 aliphatic carbocycles. The summed E-state index contributed by atoms with van der Waals surface area (Å²) in [6.45, 7) is 8.46. The lowest BCUT2D eigenvalue weighted by atomic mass is 9.99. The highest BCUT2D eigenvalue weighted by Gasteiger charge is 2.08. The van der Waals surface area contributed by atoms with Crippen molar-refractivity contribution in [3.05, 3.63) is 0 Å². The van der Waals surface area contributed by atoms with Crippen molar-refractivity contribution in [3.8, 4) is 0 Å². The van der Waals surface area contributed by atoms with Crippen molar-refractivity contribution in [1.82, 2.24) is 0 Å². The van der Waals surface area contributed by atoms with E-state index in [9.17, 15) is 4.79 Å². The van der Waals surface area contributed by atoms with Crippen LogP contribution in [0.4, 0.5) is 0 Å². The van der Waals surface area contributed by atoms with E-state index in [-0.39, 0.29) is 5.92 Å². The summed E-state index contributed by atoms with van der Waals surface area (Å²) in [6, 6.07) is 0.333. The minimum atomic E-state index is 0.216. The zero-order valence-corrected chi connectivity index (χ0v) is 10.0. The number of ketones is 1. The first-order valence-electron chi connectivity index (χ1n) is 5.44. The summed E-state index contributed by atoms with van der Waals surface area (Å²) in [5.41, 5.74) is 10.4. The topological polar surface area (TPSA) is 69.1 Å². The third-order valence-corrected chi connectivity index (χ3v) is 1.74. The second-order valence-corrected chi connectivity index (χ2v) is 3.90. The minimum absolute atomic E-state index is 0.216. The van der Waals surface area contributed by atoms with Crippen LogP contribution in [-0.4, -0.2) is 18.4 Å². The molecular weight excluding hydrogens is 176 g/mol.